The lowest BCUT2D eigenvalue weighted by Crippen LogP contribution is -1.93. The average molecular weight is 301 g/mol. The van der Waals surface area contributed by atoms with Crippen LogP contribution in [0.3, 0.4) is 0 Å². The van der Waals surface area contributed by atoms with Gasteiger partial charge in [0.1, 0.15) is 11.6 Å². The Morgan fingerprint density at radius 1 is 0.667 bits per heavy atom. The van der Waals surface area contributed by atoms with Crippen LogP contribution in [-0.2, 0) is 0 Å². The van der Waals surface area contributed by atoms with Crippen molar-refractivity contribution < 1.29 is 0 Å². The number of benzene rings is 1. The lowest BCUT2D eigenvalue weighted by atomic mass is 10.1. The Morgan fingerprint density at radius 2 is 1.29 bits per heavy atom. The molecule has 0 aliphatic carbocycles. The van der Waals surface area contributed by atoms with Gasteiger partial charge >= 0.3 is 0 Å². The molecule has 21 heavy (non-hydrogen) atoms. The van der Waals surface area contributed by atoms with E-state index < -0.39 is 0 Å². The molecule has 0 unspecified atom stereocenters. The molecule has 0 spiro atoms. The monoisotopic (exact) mass is 300 g/mol. The number of nitrogens with zero attached hydrogens (tertiary/aromatic N) is 4. The molecule has 0 amide bonds. The van der Waals surface area contributed by atoms with E-state index >= 15 is 0 Å². The standard InChI is InChI=1S/C10H9N3.C4H4ClN3/c11-10-7-6-9(12-13-10)8-4-2-1-3-5-8;5-3-1-2-4(6)8-7-3/h1-7H,(H2,11,13);1-2H,(H2,6,8). The van der Waals surface area contributed by atoms with Gasteiger partial charge in [0.05, 0.1) is 5.69 Å². The summed E-state index contributed by atoms with van der Waals surface area (Å²) in [5, 5.41) is 15.1. The lowest BCUT2D eigenvalue weighted by molar-refractivity contribution is 1.04. The maximum absolute atomic E-state index is 5.43. The van der Waals surface area contributed by atoms with Gasteiger partial charge in [-0.3, -0.25) is 0 Å². The summed E-state index contributed by atoms with van der Waals surface area (Å²) in [5.74, 6) is 0.828. The summed E-state index contributed by atoms with van der Waals surface area (Å²) in [6, 6.07) is 16.7. The van der Waals surface area contributed by atoms with Crippen LogP contribution in [0, 0.1) is 0 Å². The number of nitrogens with two attached hydrogens (primary N) is 2. The Morgan fingerprint density at radius 3 is 1.76 bits per heavy atom. The number of anilines is 2. The van der Waals surface area contributed by atoms with Crippen LogP contribution in [0.4, 0.5) is 11.6 Å². The van der Waals surface area contributed by atoms with E-state index in [-0.39, 0.29) is 0 Å². The predicted molar refractivity (Wildman–Crippen MR) is 83.3 cm³/mol. The third-order valence-electron chi connectivity index (χ3n) is 2.41. The predicted octanol–water partition coefficient (Wildman–Crippen LogP) is 2.44. The highest BCUT2D eigenvalue weighted by molar-refractivity contribution is 6.29. The molecule has 4 N–H and O–H groups in total. The lowest BCUT2D eigenvalue weighted by Gasteiger charge is -1.98. The van der Waals surface area contributed by atoms with E-state index in [0.29, 0.717) is 16.8 Å². The summed E-state index contributed by atoms with van der Waals surface area (Å²) >= 11 is 5.38. The molecule has 6 nitrogen and oxygen atoms in total. The van der Waals surface area contributed by atoms with Crippen LogP contribution < -0.4 is 11.5 Å². The van der Waals surface area contributed by atoms with Crippen LogP contribution in [0.25, 0.3) is 11.3 Å². The van der Waals surface area contributed by atoms with Crippen LogP contribution in [-0.4, -0.2) is 20.4 Å². The van der Waals surface area contributed by atoms with E-state index in [1.54, 1.807) is 18.2 Å². The molecular formula is C14H13ClN6. The first-order chi connectivity index (χ1) is 10.1. The SMILES string of the molecule is Nc1ccc(-c2ccccc2)nn1.Nc1ccc(Cl)nn1. The van der Waals surface area contributed by atoms with Crippen molar-refractivity contribution in [2.24, 2.45) is 0 Å². The van der Waals surface area contributed by atoms with Crippen LogP contribution in [0.2, 0.25) is 5.15 Å². The number of rotatable bonds is 1. The third kappa shape index (κ3) is 4.70. The van der Waals surface area contributed by atoms with Crippen LogP contribution >= 0.6 is 11.6 Å². The first-order valence-electron chi connectivity index (χ1n) is 6.04. The molecule has 106 valence electrons. The fourth-order valence-corrected chi connectivity index (χ4v) is 1.53. The highest BCUT2D eigenvalue weighted by Crippen LogP contribution is 2.14. The Hall–Kier alpha value is -2.73. The minimum absolute atomic E-state index is 0.360. The van der Waals surface area contributed by atoms with Crippen LogP contribution in [0.15, 0.2) is 54.6 Å². The maximum atomic E-state index is 5.43. The van der Waals surface area contributed by atoms with E-state index in [4.69, 9.17) is 23.1 Å². The first kappa shape index (κ1) is 14.7. The van der Waals surface area contributed by atoms with Gasteiger partial charge in [-0.25, -0.2) is 0 Å². The topological polar surface area (TPSA) is 104 Å². The summed E-state index contributed by atoms with van der Waals surface area (Å²) in [5.41, 5.74) is 12.5. The van der Waals surface area contributed by atoms with Gasteiger partial charge in [0, 0.05) is 5.56 Å². The molecule has 0 aliphatic heterocycles. The van der Waals surface area contributed by atoms with Crippen molar-refractivity contribution in [1.29, 1.82) is 0 Å². The van der Waals surface area contributed by atoms with Gasteiger partial charge < -0.3 is 11.5 Å². The van der Waals surface area contributed by atoms with Crippen molar-refractivity contribution in [1.82, 2.24) is 20.4 Å². The number of halogens is 1. The number of hydrogen-bond donors (Lipinski definition) is 2. The van der Waals surface area contributed by atoms with E-state index in [2.05, 4.69) is 20.4 Å². The zero-order valence-corrected chi connectivity index (χ0v) is 11.8. The van der Waals surface area contributed by atoms with E-state index in [0.717, 1.165) is 11.3 Å². The third-order valence-corrected chi connectivity index (χ3v) is 2.61. The van der Waals surface area contributed by atoms with Crippen LogP contribution in [0.5, 0.6) is 0 Å². The number of aromatic nitrogens is 4. The molecule has 2 heterocycles. The Bertz CT molecular complexity index is 649. The quantitative estimate of drug-likeness (QED) is 0.715. The fraction of sp³-hybridized carbons (Fsp3) is 0. The van der Waals surface area contributed by atoms with Gasteiger partial charge in [-0.1, -0.05) is 41.9 Å². The van der Waals surface area contributed by atoms with E-state index in [1.807, 2.05) is 36.4 Å². The fourth-order valence-electron chi connectivity index (χ4n) is 1.43. The van der Waals surface area contributed by atoms with Crippen molar-refractivity contribution in [2.75, 3.05) is 11.5 Å². The van der Waals surface area contributed by atoms with Crippen molar-refractivity contribution in [3.8, 4) is 11.3 Å². The molecule has 0 aliphatic rings. The van der Waals surface area contributed by atoms with Gasteiger partial charge in [0.15, 0.2) is 5.15 Å². The molecule has 3 rings (SSSR count). The van der Waals surface area contributed by atoms with Crippen molar-refractivity contribution >= 4 is 23.2 Å². The van der Waals surface area contributed by atoms with Crippen LogP contribution in [0.1, 0.15) is 0 Å². The van der Waals surface area contributed by atoms with Crippen molar-refractivity contribution in [2.45, 2.75) is 0 Å². The van der Waals surface area contributed by atoms with Gasteiger partial charge in [-0.2, -0.15) is 0 Å². The molecule has 0 saturated heterocycles. The molecule has 3 aromatic rings. The Labute approximate surface area is 126 Å². The summed E-state index contributed by atoms with van der Waals surface area (Å²) in [4.78, 5) is 0. The molecule has 0 atom stereocenters. The highest BCUT2D eigenvalue weighted by Gasteiger charge is 1.97. The second-order valence-corrected chi connectivity index (χ2v) is 4.38. The summed E-state index contributed by atoms with van der Waals surface area (Å²) in [7, 11) is 0. The Balaban J connectivity index is 0.000000173. The molecule has 0 fully saturated rings. The van der Waals surface area contributed by atoms with Gasteiger partial charge in [0.2, 0.25) is 0 Å². The van der Waals surface area contributed by atoms with Gasteiger partial charge in [-0.15, -0.1) is 20.4 Å². The number of nitrogen functional groups attached to an aromatic ring is 2. The van der Waals surface area contributed by atoms with Crippen molar-refractivity contribution in [3.63, 3.8) is 0 Å². The van der Waals surface area contributed by atoms with Crippen molar-refractivity contribution in [3.05, 3.63) is 59.8 Å². The molecule has 0 radical (unpaired) electrons. The largest absolute Gasteiger partial charge is 0.382 e. The minimum atomic E-state index is 0.360. The smallest absolute Gasteiger partial charge is 0.151 e. The minimum Gasteiger partial charge on any atom is -0.382 e. The molecule has 2 aromatic heterocycles. The van der Waals surface area contributed by atoms with E-state index in [1.165, 1.54) is 0 Å². The van der Waals surface area contributed by atoms with Gasteiger partial charge in [0.25, 0.3) is 0 Å². The molecular weight excluding hydrogens is 288 g/mol. The second kappa shape index (κ2) is 7.16. The maximum Gasteiger partial charge on any atom is 0.151 e. The summed E-state index contributed by atoms with van der Waals surface area (Å²) < 4.78 is 0. The molecule has 0 bridgehead atoms. The highest BCUT2D eigenvalue weighted by atomic mass is 35.5. The zero-order chi connectivity index (χ0) is 15.1. The zero-order valence-electron chi connectivity index (χ0n) is 11.0. The van der Waals surface area contributed by atoms with E-state index in [9.17, 15) is 0 Å². The summed E-state index contributed by atoms with van der Waals surface area (Å²) in [6.45, 7) is 0. The van der Waals surface area contributed by atoms with Gasteiger partial charge in [-0.05, 0) is 24.3 Å². The number of hydrogen-bond acceptors (Lipinski definition) is 6. The molecule has 7 heteroatoms. The summed E-state index contributed by atoms with van der Waals surface area (Å²) in [6.07, 6.45) is 0. The molecule has 0 saturated carbocycles. The normalized spacial score (nSPS) is 9.57. The second-order valence-electron chi connectivity index (χ2n) is 3.99. The molecule has 1 aromatic carbocycles. The Kier molecular flexibility index (Phi) is 5.00. The first-order valence-corrected chi connectivity index (χ1v) is 6.42. The average Bonchev–Trinajstić information content (AvgIpc) is 2.52.